The van der Waals surface area contributed by atoms with Gasteiger partial charge in [0.2, 0.25) is 5.91 Å². The average molecular weight is 772 g/mol. The maximum absolute atomic E-state index is 14.9. The number of hydrogen-bond acceptors (Lipinski definition) is 10. The van der Waals surface area contributed by atoms with Crippen molar-refractivity contribution in [3.8, 4) is 0 Å². The molecule has 298 valence electrons. The van der Waals surface area contributed by atoms with Crippen molar-refractivity contribution in [2.75, 3.05) is 5.32 Å². The smallest absolute Gasteiger partial charge is 0.335 e. The van der Waals surface area contributed by atoms with Crippen LogP contribution in [0.1, 0.15) is 106 Å². The number of fused-ring (bicyclic) bond motifs is 7. The zero-order valence-corrected chi connectivity index (χ0v) is 33.2. The van der Waals surface area contributed by atoms with E-state index in [1.165, 1.54) is 11.6 Å². The normalized spacial score (nSPS) is 46.9. The van der Waals surface area contributed by atoms with E-state index >= 15 is 0 Å². The minimum absolute atomic E-state index is 0.0247. The van der Waals surface area contributed by atoms with Gasteiger partial charge < -0.3 is 40.2 Å². The molecule has 6 aliphatic rings. The highest BCUT2D eigenvalue weighted by Gasteiger charge is 2.70. The van der Waals surface area contributed by atoms with Gasteiger partial charge in [0.05, 0.1) is 6.10 Å². The third-order valence-corrected chi connectivity index (χ3v) is 16.4. The molecule has 1 amide bonds. The lowest BCUT2D eigenvalue weighted by Crippen LogP contribution is -2.67. The van der Waals surface area contributed by atoms with E-state index in [1.807, 2.05) is 13.0 Å². The van der Waals surface area contributed by atoms with E-state index in [-0.39, 0.29) is 61.7 Å². The van der Waals surface area contributed by atoms with Gasteiger partial charge in [-0.1, -0.05) is 54.0 Å². The number of aliphatic hydroxyl groups is 3. The molecule has 0 radical (unpaired) electrons. The van der Waals surface area contributed by atoms with Gasteiger partial charge in [0.25, 0.3) is 5.56 Å². The Morgan fingerprint density at radius 2 is 1.59 bits per heavy atom. The zero-order chi connectivity index (χ0) is 39.6. The molecule has 5 aliphatic carbocycles. The summed E-state index contributed by atoms with van der Waals surface area (Å²) in [6.07, 6.45) is 0.00272. The molecule has 7 N–H and O–H groups in total. The molecule has 54 heavy (non-hydrogen) atoms. The number of carboxylic acid groups (broad SMARTS) is 1. The SMILES string of the molecule is CC1(C)C(OC2O[C@H](C(=O)O)[C@@H](O)[C@H](O)[C@H]2O)CC[C@@]2(C)C1CC[C@]1(C)C2C(=O)C=C2C3C[C@@](C)(C(=O)Nc4cc(=O)[nH]c(=S)[nH]4)CC[C@]3(C)CC[C@]21C. The Bertz CT molecular complexity index is 1870. The molecule has 14 atom stereocenters. The summed E-state index contributed by atoms with van der Waals surface area (Å²) in [5.41, 5.74) is -1.56. The van der Waals surface area contributed by atoms with Crippen molar-refractivity contribution in [3.63, 3.8) is 0 Å². The van der Waals surface area contributed by atoms with Crippen LogP contribution in [-0.4, -0.2) is 84.9 Å². The number of carbonyl (C=O) groups is 3. The molecular weight excluding hydrogens is 715 g/mol. The van der Waals surface area contributed by atoms with Gasteiger partial charge in [0, 0.05) is 17.4 Å². The second-order valence-electron chi connectivity index (χ2n) is 19.4. The van der Waals surface area contributed by atoms with Gasteiger partial charge in [0.15, 0.2) is 22.9 Å². The molecule has 4 saturated carbocycles. The van der Waals surface area contributed by atoms with Crippen LogP contribution in [0.3, 0.4) is 0 Å². The molecule has 2 heterocycles. The molecule has 7 rings (SSSR count). The summed E-state index contributed by atoms with van der Waals surface area (Å²) < 4.78 is 12.0. The van der Waals surface area contributed by atoms with E-state index in [4.69, 9.17) is 21.7 Å². The average Bonchev–Trinajstić information content (AvgIpc) is 3.07. The zero-order valence-electron chi connectivity index (χ0n) is 32.4. The van der Waals surface area contributed by atoms with Crippen molar-refractivity contribution in [3.05, 3.63) is 32.8 Å². The number of H-pyrrole nitrogens is 2. The Balaban J connectivity index is 1.17. The molecule has 1 aromatic rings. The molecular formula is C40H57N3O10S. The first kappa shape index (κ1) is 39.5. The third kappa shape index (κ3) is 5.75. The predicted octanol–water partition coefficient (Wildman–Crippen LogP) is 4.63. The Kier molecular flexibility index (Phi) is 9.42. The highest BCUT2D eigenvalue weighted by atomic mass is 32.1. The lowest BCUT2D eigenvalue weighted by Gasteiger charge is -2.70. The minimum Gasteiger partial charge on any atom is -0.479 e. The monoisotopic (exact) mass is 771 g/mol. The molecule has 1 aromatic heterocycles. The highest BCUT2D eigenvalue weighted by molar-refractivity contribution is 7.71. The largest absolute Gasteiger partial charge is 0.479 e. The van der Waals surface area contributed by atoms with Crippen LogP contribution in [0, 0.1) is 55.0 Å². The van der Waals surface area contributed by atoms with Crippen LogP contribution in [0.2, 0.25) is 0 Å². The van der Waals surface area contributed by atoms with Crippen LogP contribution in [0.5, 0.6) is 0 Å². The van der Waals surface area contributed by atoms with Crippen molar-refractivity contribution in [1.29, 1.82) is 0 Å². The summed E-state index contributed by atoms with van der Waals surface area (Å²) >= 11 is 5.12. The number of nitrogens with one attached hydrogen (secondary N) is 3. The minimum atomic E-state index is -1.80. The Morgan fingerprint density at radius 3 is 2.26 bits per heavy atom. The quantitative estimate of drug-likeness (QED) is 0.162. The Hall–Kier alpha value is -2.75. The standard InChI is InChI=1S/C40H57N3O10S/c1-35(2)22-8-11-40(7)30(38(22,5)10-9-23(35)52-32-28(48)26(46)27(47)29(53-32)31(49)50)21(44)16-19-20-18-37(4,13-12-36(20,3)14-15-39(19,40)6)33(51)41-24-17-25(45)43-34(54)42-24/h16-17,20,22-23,26-30,32,46-48H,8-15,18H2,1-7H3,(H,49,50)(H3,41,42,43,45,51,54)/t20?,22?,23?,26-,27-,28+,29-,30?,32?,36+,37-,38-,39+,40+/m0/s1. The molecule has 0 aromatic carbocycles. The van der Waals surface area contributed by atoms with Crippen LogP contribution in [-0.2, 0) is 23.9 Å². The predicted molar refractivity (Wildman–Crippen MR) is 199 cm³/mol. The first-order valence-corrected chi connectivity index (χ1v) is 19.9. The number of aromatic nitrogens is 2. The lowest BCUT2D eigenvalue weighted by atomic mass is 9.33. The summed E-state index contributed by atoms with van der Waals surface area (Å²) in [7, 11) is 0. The number of rotatable bonds is 5. The van der Waals surface area contributed by atoms with Crippen LogP contribution in [0.15, 0.2) is 22.5 Å². The Labute approximate surface area is 320 Å². The summed E-state index contributed by atoms with van der Waals surface area (Å²) in [4.78, 5) is 58.0. The molecule has 5 fully saturated rings. The topological polar surface area (TPSA) is 211 Å². The van der Waals surface area contributed by atoms with Gasteiger partial charge >= 0.3 is 5.97 Å². The number of aromatic amines is 2. The molecule has 1 saturated heterocycles. The fourth-order valence-electron chi connectivity index (χ4n) is 12.7. The Morgan fingerprint density at radius 1 is 0.907 bits per heavy atom. The maximum Gasteiger partial charge on any atom is 0.335 e. The lowest BCUT2D eigenvalue weighted by molar-refractivity contribution is -0.323. The third-order valence-electron chi connectivity index (χ3n) is 16.2. The first-order chi connectivity index (χ1) is 25.0. The maximum atomic E-state index is 14.9. The van der Waals surface area contributed by atoms with Crippen molar-refractivity contribution in [2.24, 2.45) is 50.2 Å². The number of aliphatic carboxylic acids is 1. The molecule has 1 aliphatic heterocycles. The summed E-state index contributed by atoms with van der Waals surface area (Å²) in [6.45, 7) is 15.4. The molecule has 0 bridgehead atoms. The molecule has 5 unspecified atom stereocenters. The van der Waals surface area contributed by atoms with Crippen molar-refractivity contribution < 1.29 is 44.3 Å². The number of hydrogen-bond donors (Lipinski definition) is 7. The molecule has 13 nitrogen and oxygen atoms in total. The van der Waals surface area contributed by atoms with E-state index in [1.54, 1.807) is 0 Å². The fraction of sp³-hybridized carbons (Fsp3) is 0.775. The number of carbonyl (C=O) groups excluding carboxylic acids is 2. The van der Waals surface area contributed by atoms with E-state index in [2.05, 4.69) is 56.8 Å². The van der Waals surface area contributed by atoms with Crippen LogP contribution in [0.4, 0.5) is 5.82 Å². The summed E-state index contributed by atoms with van der Waals surface area (Å²) in [5.74, 6) is -1.43. The van der Waals surface area contributed by atoms with Gasteiger partial charge in [-0.2, -0.15) is 0 Å². The molecule has 0 spiro atoms. The first-order valence-electron chi connectivity index (χ1n) is 19.5. The summed E-state index contributed by atoms with van der Waals surface area (Å²) in [6, 6.07) is 1.29. The van der Waals surface area contributed by atoms with Crippen LogP contribution < -0.4 is 10.9 Å². The van der Waals surface area contributed by atoms with E-state index < -0.39 is 59.2 Å². The van der Waals surface area contributed by atoms with E-state index in [0.717, 1.165) is 32.1 Å². The number of carboxylic acids is 1. The number of allylic oxidation sites excluding steroid dienone is 2. The van der Waals surface area contributed by atoms with Gasteiger partial charge in [-0.05, 0) is 115 Å². The van der Waals surface area contributed by atoms with Gasteiger partial charge in [-0.25, -0.2) is 4.79 Å². The number of anilines is 1. The second kappa shape index (κ2) is 12.9. The van der Waals surface area contributed by atoms with E-state index in [0.29, 0.717) is 25.7 Å². The number of amides is 1. The van der Waals surface area contributed by atoms with Crippen LogP contribution >= 0.6 is 12.2 Å². The van der Waals surface area contributed by atoms with E-state index in [9.17, 15) is 39.6 Å². The fourth-order valence-corrected chi connectivity index (χ4v) is 13.0. The number of ether oxygens (including phenoxy) is 2. The van der Waals surface area contributed by atoms with Gasteiger partial charge in [-0.3, -0.25) is 19.4 Å². The van der Waals surface area contributed by atoms with Crippen LogP contribution in [0.25, 0.3) is 0 Å². The second-order valence-corrected chi connectivity index (χ2v) is 19.8. The number of ketones is 1. The van der Waals surface area contributed by atoms with Gasteiger partial charge in [-0.15, -0.1) is 0 Å². The van der Waals surface area contributed by atoms with Crippen molar-refractivity contribution in [1.82, 2.24) is 9.97 Å². The highest BCUT2D eigenvalue weighted by Crippen LogP contribution is 2.75. The molecule has 14 heteroatoms. The summed E-state index contributed by atoms with van der Waals surface area (Å²) in [5, 5.41) is 43.9. The number of aliphatic hydroxyl groups excluding tert-OH is 3. The van der Waals surface area contributed by atoms with Crippen molar-refractivity contribution >= 4 is 35.7 Å². The van der Waals surface area contributed by atoms with Gasteiger partial charge in [0.1, 0.15) is 24.1 Å². The van der Waals surface area contributed by atoms with Crippen molar-refractivity contribution in [2.45, 2.75) is 143 Å².